The molecule has 0 radical (unpaired) electrons. The van der Waals surface area contributed by atoms with Gasteiger partial charge in [-0.3, -0.25) is 0 Å². The average Bonchev–Trinajstić information content (AvgIpc) is 2.53. The molecule has 3 heteroatoms. The Bertz CT molecular complexity index is 1050. The molecular weight excluding hydrogens is 289 g/mol. The highest BCUT2D eigenvalue weighted by Gasteiger charge is 2.16. The van der Waals surface area contributed by atoms with E-state index in [2.05, 4.69) is 0 Å². The third-order valence-electron chi connectivity index (χ3n) is 4.01. The van der Waals surface area contributed by atoms with Crippen molar-refractivity contribution >= 4 is 11.0 Å². The topological polar surface area (TPSA) is 37.0 Å². The van der Waals surface area contributed by atoms with Crippen molar-refractivity contribution in [3.63, 3.8) is 0 Å². The summed E-state index contributed by atoms with van der Waals surface area (Å²) in [6.45, 7) is 2.01. The lowest BCUT2D eigenvalue weighted by Gasteiger charge is -2.15. The van der Waals surface area contributed by atoms with Crippen LogP contribution in [0, 0.1) is 18.2 Å². The van der Waals surface area contributed by atoms with E-state index in [-0.39, 0.29) is 5.82 Å². The third kappa shape index (κ3) is 2.30. The Balaban J connectivity index is 2.17. The van der Waals surface area contributed by atoms with Crippen LogP contribution >= 0.6 is 0 Å². The molecule has 23 heavy (non-hydrogen) atoms. The van der Waals surface area contributed by atoms with E-state index in [0.29, 0.717) is 11.1 Å². The van der Waals surface area contributed by atoms with Crippen LogP contribution in [0.1, 0.15) is 5.56 Å². The van der Waals surface area contributed by atoms with E-state index in [1.807, 2.05) is 31.2 Å². The fourth-order valence-electron chi connectivity index (χ4n) is 2.92. The summed E-state index contributed by atoms with van der Waals surface area (Å²) < 4.78 is 19.3. The van der Waals surface area contributed by atoms with E-state index in [0.717, 1.165) is 33.2 Å². The molecule has 0 bridgehead atoms. The summed E-state index contributed by atoms with van der Waals surface area (Å²) in [6, 6.07) is 17.9. The number of hydrogen-bond acceptors (Lipinski definition) is 2. The Morgan fingerprint density at radius 3 is 2.48 bits per heavy atom. The number of rotatable bonds is 1. The van der Waals surface area contributed by atoms with Crippen LogP contribution in [0.15, 0.2) is 65.1 Å². The van der Waals surface area contributed by atoms with E-state index in [9.17, 15) is 4.39 Å². The van der Waals surface area contributed by atoms with Crippen molar-refractivity contribution in [1.82, 2.24) is 0 Å². The SMILES string of the molecule is Cc1ccc2c(-c3ccc(F)cc3)c3ccc(=N)cc-3oc2c1. The summed E-state index contributed by atoms with van der Waals surface area (Å²) in [5.74, 6) is 0.405. The predicted molar refractivity (Wildman–Crippen MR) is 88.8 cm³/mol. The second-order valence-corrected chi connectivity index (χ2v) is 5.69. The molecule has 1 aliphatic carbocycles. The average molecular weight is 303 g/mol. The maximum Gasteiger partial charge on any atom is 0.137 e. The maximum absolute atomic E-state index is 13.3. The van der Waals surface area contributed by atoms with Gasteiger partial charge in [-0.05, 0) is 48.4 Å². The van der Waals surface area contributed by atoms with Crippen LogP contribution in [0.4, 0.5) is 4.39 Å². The molecule has 112 valence electrons. The van der Waals surface area contributed by atoms with Gasteiger partial charge >= 0.3 is 0 Å². The largest absolute Gasteiger partial charge is 0.456 e. The molecule has 1 N–H and O–H groups in total. The number of fused-ring (bicyclic) bond motifs is 2. The highest BCUT2D eigenvalue weighted by molar-refractivity contribution is 6.01. The van der Waals surface area contributed by atoms with Crippen LogP contribution in [0.5, 0.6) is 0 Å². The van der Waals surface area contributed by atoms with Crippen LogP contribution in [-0.4, -0.2) is 0 Å². The summed E-state index contributed by atoms with van der Waals surface area (Å²) in [5, 5.41) is 9.20. The highest BCUT2D eigenvalue weighted by Crippen LogP contribution is 2.39. The number of benzene rings is 3. The van der Waals surface area contributed by atoms with Gasteiger partial charge in [0.2, 0.25) is 0 Å². The molecule has 0 aromatic heterocycles. The Kier molecular flexibility index (Phi) is 3.01. The van der Waals surface area contributed by atoms with E-state index >= 15 is 0 Å². The lowest BCUT2D eigenvalue weighted by atomic mass is 9.93. The van der Waals surface area contributed by atoms with Gasteiger partial charge in [0, 0.05) is 22.6 Å². The molecule has 2 nitrogen and oxygen atoms in total. The van der Waals surface area contributed by atoms with Crippen molar-refractivity contribution in [2.24, 2.45) is 0 Å². The predicted octanol–water partition coefficient (Wildman–Crippen LogP) is 5.13. The maximum atomic E-state index is 13.3. The quantitative estimate of drug-likeness (QED) is 0.486. The first kappa shape index (κ1) is 13.7. The van der Waals surface area contributed by atoms with Crippen molar-refractivity contribution < 1.29 is 8.81 Å². The zero-order chi connectivity index (χ0) is 16.0. The Morgan fingerprint density at radius 1 is 0.913 bits per heavy atom. The van der Waals surface area contributed by atoms with Gasteiger partial charge in [-0.25, -0.2) is 4.39 Å². The first-order chi connectivity index (χ1) is 11.1. The second-order valence-electron chi connectivity index (χ2n) is 5.69. The minimum absolute atomic E-state index is 0.257. The molecule has 4 rings (SSSR count). The van der Waals surface area contributed by atoms with Gasteiger partial charge in [-0.1, -0.05) is 24.3 Å². The highest BCUT2D eigenvalue weighted by atomic mass is 19.1. The monoisotopic (exact) mass is 303 g/mol. The molecular formula is C20H14FNO. The van der Waals surface area contributed by atoms with Gasteiger partial charge < -0.3 is 9.83 Å². The van der Waals surface area contributed by atoms with Gasteiger partial charge in [0.05, 0.1) is 5.36 Å². The van der Waals surface area contributed by atoms with Crippen molar-refractivity contribution in [3.8, 4) is 22.5 Å². The molecule has 1 aliphatic heterocycles. The van der Waals surface area contributed by atoms with Crippen molar-refractivity contribution in [2.45, 2.75) is 6.92 Å². The molecule has 0 atom stereocenters. The standard InChI is InChI=1S/C20H14FNO/c1-12-2-8-16-18(10-12)23-19-11-15(22)7-9-17(19)20(16)13-3-5-14(21)6-4-13/h2-11,22H,1H3. The number of aryl methyl sites for hydroxylation is 1. The molecule has 0 saturated heterocycles. The second kappa shape index (κ2) is 5.06. The zero-order valence-corrected chi connectivity index (χ0v) is 12.6. The number of hydrogen-bond donors (Lipinski definition) is 1. The van der Waals surface area contributed by atoms with Gasteiger partial charge in [0.1, 0.15) is 17.2 Å². The zero-order valence-electron chi connectivity index (χ0n) is 12.6. The van der Waals surface area contributed by atoms with E-state index < -0.39 is 0 Å². The first-order valence-corrected chi connectivity index (χ1v) is 7.39. The number of nitrogens with one attached hydrogen (secondary N) is 1. The molecule has 1 heterocycles. The summed E-state index contributed by atoms with van der Waals surface area (Å²) >= 11 is 0. The first-order valence-electron chi connectivity index (χ1n) is 7.39. The van der Waals surface area contributed by atoms with Crippen LogP contribution in [0.25, 0.3) is 33.4 Å². The Morgan fingerprint density at radius 2 is 1.70 bits per heavy atom. The summed E-state index contributed by atoms with van der Waals surface area (Å²) in [4.78, 5) is 0. The van der Waals surface area contributed by atoms with Gasteiger partial charge in [-0.2, -0.15) is 0 Å². The lowest BCUT2D eigenvalue weighted by molar-refractivity contribution is 0.618. The Hall–Kier alpha value is -2.94. The van der Waals surface area contributed by atoms with Crippen LogP contribution < -0.4 is 5.36 Å². The fraction of sp³-hybridized carbons (Fsp3) is 0.0500. The normalized spacial score (nSPS) is 11.2. The van der Waals surface area contributed by atoms with E-state index in [1.54, 1.807) is 24.3 Å². The molecule has 2 aromatic carbocycles. The van der Waals surface area contributed by atoms with Gasteiger partial charge in [-0.15, -0.1) is 0 Å². The van der Waals surface area contributed by atoms with Gasteiger partial charge in [0.25, 0.3) is 0 Å². The van der Waals surface area contributed by atoms with Crippen LogP contribution in [0.2, 0.25) is 0 Å². The number of halogens is 1. The van der Waals surface area contributed by atoms with Crippen molar-refractivity contribution in [1.29, 1.82) is 5.41 Å². The minimum atomic E-state index is -0.257. The summed E-state index contributed by atoms with van der Waals surface area (Å²) in [7, 11) is 0. The third-order valence-corrected chi connectivity index (χ3v) is 4.01. The van der Waals surface area contributed by atoms with Crippen LogP contribution in [-0.2, 0) is 0 Å². The molecule has 0 saturated carbocycles. The summed E-state index contributed by atoms with van der Waals surface area (Å²) in [5.41, 5.74) is 4.72. The molecule has 0 amide bonds. The Labute approximate surface area is 132 Å². The fourth-order valence-corrected chi connectivity index (χ4v) is 2.92. The van der Waals surface area contributed by atoms with Gasteiger partial charge in [0.15, 0.2) is 0 Å². The van der Waals surface area contributed by atoms with Crippen molar-refractivity contribution in [3.05, 3.63) is 77.4 Å². The summed E-state index contributed by atoms with van der Waals surface area (Å²) in [6.07, 6.45) is 0. The smallest absolute Gasteiger partial charge is 0.137 e. The lowest BCUT2D eigenvalue weighted by Crippen LogP contribution is -2.00. The van der Waals surface area contributed by atoms with Crippen LogP contribution in [0.3, 0.4) is 0 Å². The molecule has 2 aliphatic rings. The van der Waals surface area contributed by atoms with E-state index in [4.69, 9.17) is 9.83 Å². The molecule has 0 spiro atoms. The molecule has 2 aromatic rings. The van der Waals surface area contributed by atoms with Crippen molar-refractivity contribution in [2.75, 3.05) is 0 Å². The minimum Gasteiger partial charge on any atom is -0.456 e. The van der Waals surface area contributed by atoms with E-state index in [1.165, 1.54) is 12.1 Å². The molecule has 0 unspecified atom stereocenters. The molecule has 0 fully saturated rings.